The van der Waals surface area contributed by atoms with Crippen LogP contribution in [0.25, 0.3) is 0 Å². The molecule has 2 atom stereocenters. The molecule has 0 bridgehead atoms. The van der Waals surface area contributed by atoms with Gasteiger partial charge in [-0.15, -0.1) is 0 Å². The molecular formula is C12H25NO3. The van der Waals surface area contributed by atoms with Gasteiger partial charge in [0.15, 0.2) is 0 Å². The van der Waals surface area contributed by atoms with Crippen LogP contribution in [0, 0.1) is 0 Å². The zero-order valence-electron chi connectivity index (χ0n) is 10.9. The topological polar surface area (TPSA) is 39.7 Å². The van der Waals surface area contributed by atoms with E-state index in [0.29, 0.717) is 12.7 Å². The van der Waals surface area contributed by atoms with Gasteiger partial charge in [-0.3, -0.25) is 0 Å². The molecule has 0 aromatic rings. The SMILES string of the molecule is COCC(CNCC1CCC(C)(C)O1)OC. The molecule has 1 saturated heterocycles. The van der Waals surface area contributed by atoms with Gasteiger partial charge in [0, 0.05) is 27.3 Å². The van der Waals surface area contributed by atoms with Crippen LogP contribution in [0.3, 0.4) is 0 Å². The number of methoxy groups -OCH3 is 2. The molecule has 1 aliphatic heterocycles. The Bertz CT molecular complexity index is 197. The molecule has 1 rings (SSSR count). The molecule has 0 spiro atoms. The standard InChI is InChI=1S/C12H25NO3/c1-12(2)6-5-10(16-12)7-13-8-11(15-4)9-14-3/h10-11,13H,5-9H2,1-4H3. The van der Waals surface area contributed by atoms with E-state index in [4.69, 9.17) is 14.2 Å². The average molecular weight is 231 g/mol. The maximum atomic E-state index is 5.89. The summed E-state index contributed by atoms with van der Waals surface area (Å²) < 4.78 is 16.2. The monoisotopic (exact) mass is 231 g/mol. The lowest BCUT2D eigenvalue weighted by molar-refractivity contribution is -0.0174. The minimum Gasteiger partial charge on any atom is -0.382 e. The Morgan fingerprint density at radius 1 is 1.44 bits per heavy atom. The van der Waals surface area contributed by atoms with E-state index < -0.39 is 0 Å². The third-order valence-electron chi connectivity index (χ3n) is 2.98. The molecule has 0 aliphatic carbocycles. The molecule has 16 heavy (non-hydrogen) atoms. The zero-order chi connectivity index (χ0) is 12.0. The van der Waals surface area contributed by atoms with E-state index in [9.17, 15) is 0 Å². The van der Waals surface area contributed by atoms with Crippen molar-refractivity contribution in [2.45, 2.75) is 44.5 Å². The maximum absolute atomic E-state index is 5.89. The fourth-order valence-electron chi connectivity index (χ4n) is 2.02. The van der Waals surface area contributed by atoms with Crippen molar-refractivity contribution in [1.29, 1.82) is 0 Å². The molecule has 4 heteroatoms. The van der Waals surface area contributed by atoms with E-state index in [1.165, 1.54) is 0 Å². The smallest absolute Gasteiger partial charge is 0.0928 e. The Balaban J connectivity index is 2.11. The van der Waals surface area contributed by atoms with Crippen LogP contribution in [0.1, 0.15) is 26.7 Å². The van der Waals surface area contributed by atoms with Gasteiger partial charge >= 0.3 is 0 Å². The van der Waals surface area contributed by atoms with Gasteiger partial charge < -0.3 is 19.5 Å². The van der Waals surface area contributed by atoms with E-state index in [-0.39, 0.29) is 11.7 Å². The Labute approximate surface area is 98.6 Å². The van der Waals surface area contributed by atoms with Gasteiger partial charge in [0.2, 0.25) is 0 Å². The number of hydrogen-bond donors (Lipinski definition) is 1. The first-order valence-corrected chi connectivity index (χ1v) is 5.97. The quantitative estimate of drug-likeness (QED) is 0.714. The first-order valence-electron chi connectivity index (χ1n) is 5.97. The highest BCUT2D eigenvalue weighted by Crippen LogP contribution is 2.28. The molecule has 0 radical (unpaired) electrons. The second-order valence-electron chi connectivity index (χ2n) is 5.01. The van der Waals surface area contributed by atoms with E-state index >= 15 is 0 Å². The van der Waals surface area contributed by atoms with Crippen LogP contribution in [0.15, 0.2) is 0 Å². The van der Waals surface area contributed by atoms with Gasteiger partial charge in [-0.1, -0.05) is 0 Å². The fourth-order valence-corrected chi connectivity index (χ4v) is 2.02. The zero-order valence-corrected chi connectivity index (χ0v) is 10.9. The molecule has 1 aliphatic rings. The predicted molar refractivity (Wildman–Crippen MR) is 63.7 cm³/mol. The largest absolute Gasteiger partial charge is 0.382 e. The summed E-state index contributed by atoms with van der Waals surface area (Å²) in [6, 6.07) is 0. The molecule has 0 saturated carbocycles. The van der Waals surface area contributed by atoms with Crippen LogP contribution in [-0.4, -0.2) is 51.7 Å². The lowest BCUT2D eigenvalue weighted by Gasteiger charge is -2.20. The van der Waals surface area contributed by atoms with Crippen LogP contribution in [-0.2, 0) is 14.2 Å². The van der Waals surface area contributed by atoms with Crippen molar-refractivity contribution in [1.82, 2.24) is 5.32 Å². The van der Waals surface area contributed by atoms with Crippen LogP contribution in [0.4, 0.5) is 0 Å². The van der Waals surface area contributed by atoms with E-state index in [2.05, 4.69) is 19.2 Å². The van der Waals surface area contributed by atoms with Gasteiger partial charge in [0.25, 0.3) is 0 Å². The highest BCUT2D eigenvalue weighted by atomic mass is 16.5. The van der Waals surface area contributed by atoms with Gasteiger partial charge in [0.1, 0.15) is 0 Å². The molecular weight excluding hydrogens is 206 g/mol. The first kappa shape index (κ1) is 13.9. The summed E-state index contributed by atoms with van der Waals surface area (Å²) in [7, 11) is 3.40. The lowest BCUT2D eigenvalue weighted by atomic mass is 10.1. The van der Waals surface area contributed by atoms with Crippen LogP contribution in [0.2, 0.25) is 0 Å². The minimum absolute atomic E-state index is 0.0551. The van der Waals surface area contributed by atoms with E-state index in [1.54, 1.807) is 14.2 Å². The summed E-state index contributed by atoms with van der Waals surface area (Å²) in [5.74, 6) is 0. The average Bonchev–Trinajstić information content (AvgIpc) is 2.57. The minimum atomic E-state index is 0.0551. The summed E-state index contributed by atoms with van der Waals surface area (Å²) in [5, 5.41) is 3.37. The van der Waals surface area contributed by atoms with Crippen molar-refractivity contribution in [3.63, 3.8) is 0 Å². The number of rotatable bonds is 7. The van der Waals surface area contributed by atoms with Crippen molar-refractivity contribution in [3.05, 3.63) is 0 Å². The van der Waals surface area contributed by atoms with Crippen molar-refractivity contribution in [2.75, 3.05) is 33.9 Å². The fraction of sp³-hybridized carbons (Fsp3) is 1.00. The third-order valence-corrected chi connectivity index (χ3v) is 2.98. The second-order valence-corrected chi connectivity index (χ2v) is 5.01. The number of ether oxygens (including phenoxy) is 3. The highest BCUT2D eigenvalue weighted by molar-refractivity contribution is 4.82. The maximum Gasteiger partial charge on any atom is 0.0928 e. The summed E-state index contributed by atoms with van der Waals surface area (Å²) in [6.07, 6.45) is 2.75. The Morgan fingerprint density at radius 2 is 2.19 bits per heavy atom. The Kier molecular flexibility index (Phi) is 5.69. The second kappa shape index (κ2) is 6.55. The van der Waals surface area contributed by atoms with Crippen LogP contribution in [0.5, 0.6) is 0 Å². The van der Waals surface area contributed by atoms with Gasteiger partial charge in [-0.2, -0.15) is 0 Å². The van der Waals surface area contributed by atoms with Crippen LogP contribution < -0.4 is 5.32 Å². The molecule has 1 N–H and O–H groups in total. The van der Waals surface area contributed by atoms with E-state index in [1.807, 2.05) is 0 Å². The molecule has 0 amide bonds. The molecule has 0 aromatic heterocycles. The summed E-state index contributed by atoms with van der Waals surface area (Å²) in [4.78, 5) is 0. The van der Waals surface area contributed by atoms with Gasteiger partial charge in [-0.05, 0) is 26.7 Å². The summed E-state index contributed by atoms with van der Waals surface area (Å²) >= 11 is 0. The highest BCUT2D eigenvalue weighted by Gasteiger charge is 2.31. The molecule has 1 fully saturated rings. The van der Waals surface area contributed by atoms with Crippen molar-refractivity contribution < 1.29 is 14.2 Å². The van der Waals surface area contributed by atoms with Crippen molar-refractivity contribution >= 4 is 0 Å². The Morgan fingerprint density at radius 3 is 2.69 bits per heavy atom. The number of hydrogen-bond acceptors (Lipinski definition) is 4. The van der Waals surface area contributed by atoms with Gasteiger partial charge in [0.05, 0.1) is 24.4 Å². The van der Waals surface area contributed by atoms with Crippen molar-refractivity contribution in [3.8, 4) is 0 Å². The number of nitrogens with one attached hydrogen (secondary N) is 1. The molecule has 4 nitrogen and oxygen atoms in total. The van der Waals surface area contributed by atoms with Crippen molar-refractivity contribution in [2.24, 2.45) is 0 Å². The molecule has 1 heterocycles. The predicted octanol–water partition coefficient (Wildman–Crippen LogP) is 1.19. The lowest BCUT2D eigenvalue weighted by Crippen LogP contribution is -2.36. The molecule has 96 valence electrons. The molecule has 0 aromatic carbocycles. The van der Waals surface area contributed by atoms with Gasteiger partial charge in [-0.25, -0.2) is 0 Å². The first-order chi connectivity index (χ1) is 7.57. The summed E-state index contributed by atoms with van der Waals surface area (Å²) in [5.41, 5.74) is 0.0551. The normalized spacial score (nSPS) is 25.9. The van der Waals surface area contributed by atoms with Crippen LogP contribution >= 0.6 is 0 Å². The molecule has 2 unspecified atom stereocenters. The van der Waals surface area contributed by atoms with E-state index in [0.717, 1.165) is 25.9 Å². The summed E-state index contributed by atoms with van der Waals surface area (Å²) in [6.45, 7) is 6.63. The third kappa shape index (κ3) is 4.78. The Hall–Kier alpha value is -0.160.